The predicted octanol–water partition coefficient (Wildman–Crippen LogP) is 3.01. The van der Waals surface area contributed by atoms with Crippen molar-refractivity contribution in [3.63, 3.8) is 0 Å². The zero-order valence-corrected chi connectivity index (χ0v) is 15.1. The van der Waals surface area contributed by atoms with Crippen LogP contribution in [-0.4, -0.2) is 26.0 Å². The maximum Gasteiger partial charge on any atom is 0.273 e. The molecule has 0 aliphatic rings. The molecule has 0 aliphatic carbocycles. The number of benzene rings is 2. The van der Waals surface area contributed by atoms with Crippen molar-refractivity contribution in [2.45, 2.75) is 6.42 Å². The number of carbonyl (C=O) groups excluding carboxylic acids is 2. The van der Waals surface area contributed by atoms with Crippen molar-refractivity contribution in [2.75, 3.05) is 14.2 Å². The number of carbonyl (C=O) groups is 2. The summed E-state index contributed by atoms with van der Waals surface area (Å²) in [5, 5.41) is 0.859. The van der Waals surface area contributed by atoms with Gasteiger partial charge in [0.1, 0.15) is 11.5 Å². The minimum absolute atomic E-state index is 0.0172. The fraction of sp³-hybridized carbons (Fsp3) is 0.176. The molecule has 0 saturated heterocycles. The lowest BCUT2D eigenvalue weighted by Gasteiger charge is -2.12. The van der Waals surface area contributed by atoms with Crippen LogP contribution in [0.3, 0.4) is 0 Å². The average Bonchev–Trinajstić information content (AvgIpc) is 2.60. The molecule has 0 aliphatic heterocycles. The zero-order valence-electron chi connectivity index (χ0n) is 13.6. The largest absolute Gasteiger partial charge is 0.496 e. The van der Waals surface area contributed by atoms with E-state index in [1.807, 2.05) is 0 Å². The Hall–Kier alpha value is -2.44. The van der Waals surface area contributed by atoms with Gasteiger partial charge in [0.15, 0.2) is 0 Å². The Labute approximate surface area is 155 Å². The fourth-order valence-electron chi connectivity index (χ4n) is 2.15. The molecule has 0 heterocycles. The van der Waals surface area contributed by atoms with Crippen LogP contribution in [0.4, 0.5) is 0 Å². The van der Waals surface area contributed by atoms with Crippen molar-refractivity contribution >= 4 is 35.0 Å². The van der Waals surface area contributed by atoms with E-state index in [1.54, 1.807) is 30.3 Å². The minimum Gasteiger partial charge on any atom is -0.496 e. The van der Waals surface area contributed by atoms with E-state index in [9.17, 15) is 9.59 Å². The van der Waals surface area contributed by atoms with E-state index in [2.05, 4.69) is 10.9 Å². The minimum atomic E-state index is -0.550. The van der Waals surface area contributed by atoms with Gasteiger partial charge in [-0.15, -0.1) is 0 Å². The van der Waals surface area contributed by atoms with Gasteiger partial charge in [-0.1, -0.05) is 23.2 Å². The highest BCUT2D eigenvalue weighted by molar-refractivity contribution is 6.31. The summed E-state index contributed by atoms with van der Waals surface area (Å²) in [6, 6.07) is 9.57. The Morgan fingerprint density at radius 3 is 2.16 bits per heavy atom. The van der Waals surface area contributed by atoms with Crippen LogP contribution in [0.2, 0.25) is 10.0 Å². The topological polar surface area (TPSA) is 76.7 Å². The monoisotopic (exact) mass is 382 g/mol. The molecule has 0 bridgehead atoms. The molecular weight excluding hydrogens is 367 g/mol. The van der Waals surface area contributed by atoms with Crippen molar-refractivity contribution in [1.82, 2.24) is 10.9 Å². The van der Waals surface area contributed by atoms with Gasteiger partial charge in [0.05, 0.1) is 26.2 Å². The zero-order chi connectivity index (χ0) is 18.4. The smallest absolute Gasteiger partial charge is 0.273 e. The summed E-state index contributed by atoms with van der Waals surface area (Å²) in [5.74, 6) is -0.115. The highest BCUT2D eigenvalue weighted by Crippen LogP contribution is 2.23. The lowest BCUT2D eigenvalue weighted by atomic mass is 10.1. The molecule has 0 atom stereocenters. The second-order valence-corrected chi connectivity index (χ2v) is 5.85. The molecular formula is C17H16Cl2N2O4. The molecule has 0 saturated carbocycles. The molecule has 132 valence electrons. The molecule has 2 rings (SSSR count). The standard InChI is InChI=1S/C17H16Cl2N2O4/c1-24-14-5-3-11(18)7-10(14)8-16(22)20-21-17(23)13-9-12(19)4-6-15(13)25-2/h3-7,9H,8H2,1-2H3,(H,20,22)(H,21,23). The lowest BCUT2D eigenvalue weighted by molar-refractivity contribution is -0.121. The van der Waals surface area contributed by atoms with Gasteiger partial charge in [-0.25, -0.2) is 0 Å². The van der Waals surface area contributed by atoms with Crippen LogP contribution in [0.1, 0.15) is 15.9 Å². The number of nitrogens with one attached hydrogen (secondary N) is 2. The van der Waals surface area contributed by atoms with E-state index in [4.69, 9.17) is 32.7 Å². The van der Waals surface area contributed by atoms with E-state index in [1.165, 1.54) is 20.3 Å². The number of methoxy groups -OCH3 is 2. The summed E-state index contributed by atoms with van der Waals surface area (Å²) >= 11 is 11.8. The predicted molar refractivity (Wildman–Crippen MR) is 95.3 cm³/mol. The van der Waals surface area contributed by atoms with Crippen molar-refractivity contribution in [3.8, 4) is 11.5 Å². The third kappa shape index (κ3) is 5.01. The molecule has 0 fully saturated rings. The normalized spacial score (nSPS) is 10.1. The molecule has 0 unspecified atom stereocenters. The Kier molecular flexibility index (Phi) is 6.50. The Morgan fingerprint density at radius 1 is 0.920 bits per heavy atom. The first kappa shape index (κ1) is 18.9. The van der Waals surface area contributed by atoms with Crippen molar-refractivity contribution < 1.29 is 19.1 Å². The Bertz CT molecular complexity index is 796. The van der Waals surface area contributed by atoms with E-state index in [0.29, 0.717) is 27.1 Å². The van der Waals surface area contributed by atoms with Crippen LogP contribution in [0, 0.1) is 0 Å². The quantitative estimate of drug-likeness (QED) is 0.779. The Balaban J connectivity index is 2.02. The summed E-state index contributed by atoms with van der Waals surface area (Å²) in [6.45, 7) is 0. The van der Waals surface area contributed by atoms with Crippen LogP contribution in [0.25, 0.3) is 0 Å². The summed E-state index contributed by atoms with van der Waals surface area (Å²) in [7, 11) is 2.93. The summed E-state index contributed by atoms with van der Waals surface area (Å²) in [4.78, 5) is 24.3. The number of hydrazine groups is 1. The van der Waals surface area contributed by atoms with E-state index >= 15 is 0 Å². The van der Waals surface area contributed by atoms with Crippen molar-refractivity contribution in [2.24, 2.45) is 0 Å². The van der Waals surface area contributed by atoms with Crippen molar-refractivity contribution in [1.29, 1.82) is 0 Å². The molecule has 2 aromatic carbocycles. The van der Waals surface area contributed by atoms with Crippen LogP contribution in [0.5, 0.6) is 11.5 Å². The first-order valence-corrected chi connectivity index (χ1v) is 7.95. The molecule has 0 spiro atoms. The van der Waals surface area contributed by atoms with Gasteiger partial charge in [0, 0.05) is 15.6 Å². The lowest BCUT2D eigenvalue weighted by Crippen LogP contribution is -2.42. The molecule has 8 heteroatoms. The number of halogens is 2. The first-order chi connectivity index (χ1) is 11.9. The van der Waals surface area contributed by atoms with Gasteiger partial charge < -0.3 is 9.47 Å². The summed E-state index contributed by atoms with van der Waals surface area (Å²) < 4.78 is 10.3. The number of hydrogen-bond acceptors (Lipinski definition) is 4. The molecule has 0 aromatic heterocycles. The number of hydrogen-bond donors (Lipinski definition) is 2. The fourth-order valence-corrected chi connectivity index (χ4v) is 2.52. The number of rotatable bonds is 5. The van der Waals surface area contributed by atoms with Gasteiger partial charge in [-0.2, -0.15) is 0 Å². The third-order valence-electron chi connectivity index (χ3n) is 3.32. The second-order valence-electron chi connectivity index (χ2n) is 4.98. The van der Waals surface area contributed by atoms with E-state index in [0.717, 1.165) is 0 Å². The highest BCUT2D eigenvalue weighted by Gasteiger charge is 2.15. The van der Waals surface area contributed by atoms with Crippen LogP contribution in [-0.2, 0) is 11.2 Å². The van der Waals surface area contributed by atoms with Gasteiger partial charge in [-0.05, 0) is 36.4 Å². The van der Waals surface area contributed by atoms with Crippen LogP contribution < -0.4 is 20.3 Å². The first-order valence-electron chi connectivity index (χ1n) is 7.19. The number of ether oxygens (including phenoxy) is 2. The molecule has 0 radical (unpaired) electrons. The van der Waals surface area contributed by atoms with Gasteiger partial charge in [0.25, 0.3) is 5.91 Å². The van der Waals surface area contributed by atoms with Crippen LogP contribution in [0.15, 0.2) is 36.4 Å². The number of amides is 2. The molecule has 6 nitrogen and oxygen atoms in total. The highest BCUT2D eigenvalue weighted by atomic mass is 35.5. The summed E-state index contributed by atoms with van der Waals surface area (Å²) in [6.07, 6.45) is -0.0172. The average molecular weight is 383 g/mol. The van der Waals surface area contributed by atoms with Gasteiger partial charge in [0.2, 0.25) is 5.91 Å². The molecule has 2 amide bonds. The van der Waals surface area contributed by atoms with Crippen molar-refractivity contribution in [3.05, 3.63) is 57.6 Å². The third-order valence-corrected chi connectivity index (χ3v) is 3.79. The SMILES string of the molecule is COc1ccc(Cl)cc1CC(=O)NNC(=O)c1cc(Cl)ccc1OC. The van der Waals surface area contributed by atoms with E-state index < -0.39 is 11.8 Å². The molecule has 2 N–H and O–H groups in total. The maximum atomic E-state index is 12.2. The Morgan fingerprint density at radius 2 is 1.52 bits per heavy atom. The van der Waals surface area contributed by atoms with E-state index in [-0.39, 0.29) is 12.0 Å². The van der Waals surface area contributed by atoms with Crippen LogP contribution >= 0.6 is 23.2 Å². The second kappa shape index (κ2) is 8.60. The molecule has 2 aromatic rings. The maximum absolute atomic E-state index is 12.2. The van der Waals surface area contributed by atoms with Gasteiger partial charge >= 0.3 is 0 Å². The summed E-state index contributed by atoms with van der Waals surface area (Å²) in [5.41, 5.74) is 5.46. The molecule has 25 heavy (non-hydrogen) atoms. The van der Waals surface area contributed by atoms with Gasteiger partial charge in [-0.3, -0.25) is 20.4 Å².